The van der Waals surface area contributed by atoms with Crippen molar-refractivity contribution in [3.05, 3.63) is 65.7 Å². The summed E-state index contributed by atoms with van der Waals surface area (Å²) in [5, 5.41) is 0. The van der Waals surface area contributed by atoms with E-state index in [0.717, 1.165) is 0 Å². The number of ether oxygens (including phenoxy) is 4. The van der Waals surface area contributed by atoms with E-state index in [1.165, 1.54) is 25.2 Å². The minimum Gasteiger partial charge on any atom is -0.488 e. The van der Waals surface area contributed by atoms with Gasteiger partial charge in [0.1, 0.15) is 23.5 Å². The molecule has 0 aliphatic carbocycles. The van der Waals surface area contributed by atoms with E-state index in [4.69, 9.17) is 18.9 Å². The summed E-state index contributed by atoms with van der Waals surface area (Å²) >= 11 is 0. The zero-order valence-corrected chi connectivity index (χ0v) is 21.1. The Morgan fingerprint density at radius 2 is 1.58 bits per heavy atom. The second-order valence-corrected chi connectivity index (χ2v) is 9.42. The van der Waals surface area contributed by atoms with Gasteiger partial charge < -0.3 is 23.8 Å². The van der Waals surface area contributed by atoms with Crippen LogP contribution in [-0.2, 0) is 23.8 Å². The van der Waals surface area contributed by atoms with Crippen molar-refractivity contribution in [3.63, 3.8) is 0 Å². The summed E-state index contributed by atoms with van der Waals surface area (Å²) in [6.45, 7) is 5.25. The first-order chi connectivity index (χ1) is 17.0. The highest BCUT2D eigenvalue weighted by Gasteiger charge is 2.51. The minimum atomic E-state index is -1.08. The average molecular weight is 498 g/mol. The third-order valence-electron chi connectivity index (χ3n) is 5.68. The predicted molar refractivity (Wildman–Crippen MR) is 129 cm³/mol. The topological polar surface area (TPSA) is 108 Å². The molecule has 1 saturated heterocycles. The van der Waals surface area contributed by atoms with Crippen LogP contribution in [0.15, 0.2) is 54.6 Å². The predicted octanol–water partition coefficient (Wildman–Crippen LogP) is 3.27. The van der Waals surface area contributed by atoms with Gasteiger partial charge in [-0.3, -0.25) is 9.59 Å². The minimum absolute atomic E-state index is 0.0173. The van der Waals surface area contributed by atoms with E-state index in [9.17, 15) is 19.2 Å². The molecule has 1 aliphatic rings. The fraction of sp³-hybridized carbons (Fsp3) is 0.407. The zero-order chi connectivity index (χ0) is 26.5. The second-order valence-electron chi connectivity index (χ2n) is 9.42. The Morgan fingerprint density at radius 3 is 2.19 bits per heavy atom. The van der Waals surface area contributed by atoms with E-state index >= 15 is 0 Å². The fourth-order valence-electron chi connectivity index (χ4n) is 4.19. The number of hydrogen-bond donors (Lipinski definition) is 0. The molecule has 1 aliphatic heterocycles. The van der Waals surface area contributed by atoms with Crippen molar-refractivity contribution in [1.29, 1.82) is 0 Å². The Hall–Kier alpha value is -3.88. The molecule has 0 radical (unpaired) electrons. The van der Waals surface area contributed by atoms with Gasteiger partial charge >= 0.3 is 17.9 Å². The lowest BCUT2D eigenvalue weighted by Crippen LogP contribution is -2.44. The Balaban J connectivity index is 1.98. The number of rotatable bonds is 7. The number of carbonyl (C=O) groups is 4. The van der Waals surface area contributed by atoms with Crippen LogP contribution in [0.25, 0.3) is 0 Å². The normalized spacial score (nSPS) is 19.4. The van der Waals surface area contributed by atoms with E-state index < -0.39 is 47.5 Å². The lowest BCUT2D eigenvalue weighted by molar-refractivity contribution is -0.157. The molecule has 9 heteroatoms. The molecule has 1 amide bonds. The summed E-state index contributed by atoms with van der Waals surface area (Å²) in [4.78, 5) is 52.5. The molecule has 1 unspecified atom stereocenters. The highest BCUT2D eigenvalue weighted by atomic mass is 16.6. The molecule has 2 aromatic rings. The second kappa shape index (κ2) is 11.2. The highest BCUT2D eigenvalue weighted by molar-refractivity contribution is 5.97. The van der Waals surface area contributed by atoms with Crippen LogP contribution in [0.5, 0.6) is 5.75 Å². The quantitative estimate of drug-likeness (QED) is 0.424. The molecule has 3 atom stereocenters. The van der Waals surface area contributed by atoms with E-state index in [1.54, 1.807) is 69.3 Å². The van der Waals surface area contributed by atoms with Crippen LogP contribution < -0.4 is 4.74 Å². The van der Waals surface area contributed by atoms with Gasteiger partial charge in [-0.25, -0.2) is 9.59 Å². The first-order valence-corrected chi connectivity index (χ1v) is 11.5. The molecule has 0 saturated carbocycles. The number of carbonyl (C=O) groups excluding carboxylic acids is 4. The van der Waals surface area contributed by atoms with Crippen molar-refractivity contribution >= 4 is 23.8 Å². The fourth-order valence-corrected chi connectivity index (χ4v) is 4.19. The van der Waals surface area contributed by atoms with Crippen LogP contribution in [0.1, 0.15) is 47.9 Å². The Labute approximate surface area is 210 Å². The van der Waals surface area contributed by atoms with Crippen LogP contribution in [0.3, 0.4) is 0 Å². The van der Waals surface area contributed by atoms with E-state index in [-0.39, 0.29) is 18.5 Å². The lowest BCUT2D eigenvalue weighted by atomic mass is 9.93. The Morgan fingerprint density at radius 1 is 0.917 bits per heavy atom. The molecule has 1 fully saturated rings. The molecular formula is C27H31NO8. The van der Waals surface area contributed by atoms with Crippen molar-refractivity contribution in [2.24, 2.45) is 5.92 Å². The Kier molecular flexibility index (Phi) is 8.34. The molecule has 9 nitrogen and oxygen atoms in total. The van der Waals surface area contributed by atoms with E-state index in [0.29, 0.717) is 11.3 Å². The van der Waals surface area contributed by atoms with Gasteiger partial charge in [-0.1, -0.05) is 24.3 Å². The SMILES string of the molecule is COC(=O)c1cccc(OC2CN(C(=O)c3ccccc3)[C@H](C(=O)OC)[C@H]2CC(=O)OC(C)(C)C)c1. The van der Waals surface area contributed by atoms with Crippen LogP contribution in [0.4, 0.5) is 0 Å². The van der Waals surface area contributed by atoms with Gasteiger partial charge in [0.25, 0.3) is 5.91 Å². The van der Waals surface area contributed by atoms with Gasteiger partial charge in [0.15, 0.2) is 0 Å². The summed E-state index contributed by atoms with van der Waals surface area (Å²) in [6, 6.07) is 13.8. The maximum absolute atomic E-state index is 13.4. The maximum Gasteiger partial charge on any atom is 0.337 e. The molecule has 1 heterocycles. The van der Waals surface area contributed by atoms with Gasteiger partial charge in [-0.2, -0.15) is 0 Å². The summed E-state index contributed by atoms with van der Waals surface area (Å²) in [5.74, 6) is -2.56. The van der Waals surface area contributed by atoms with Gasteiger partial charge in [0.2, 0.25) is 0 Å². The third-order valence-corrected chi connectivity index (χ3v) is 5.68. The van der Waals surface area contributed by atoms with Crippen LogP contribution >= 0.6 is 0 Å². The van der Waals surface area contributed by atoms with E-state index in [2.05, 4.69) is 0 Å². The van der Waals surface area contributed by atoms with Crippen LogP contribution in [-0.4, -0.2) is 67.2 Å². The first kappa shape index (κ1) is 26.7. The summed E-state index contributed by atoms with van der Waals surface area (Å²) < 4.78 is 21.5. The molecule has 0 aromatic heterocycles. The van der Waals surface area contributed by atoms with Crippen molar-refractivity contribution in [3.8, 4) is 5.75 Å². The number of nitrogens with zero attached hydrogens (tertiary/aromatic N) is 1. The van der Waals surface area contributed by atoms with Crippen LogP contribution in [0.2, 0.25) is 0 Å². The van der Waals surface area contributed by atoms with Gasteiger partial charge in [-0.05, 0) is 51.1 Å². The standard InChI is InChI=1S/C27H31NO8/c1-27(2,3)36-22(29)15-20-21(35-19-13-9-12-18(14-19)25(31)33-4)16-28(23(20)26(32)34-5)24(30)17-10-7-6-8-11-17/h6-14,20-21,23H,15-16H2,1-5H3/t20-,21?,23-/m0/s1. The molecule has 36 heavy (non-hydrogen) atoms. The molecule has 0 N–H and O–H groups in total. The Bertz CT molecular complexity index is 1110. The monoisotopic (exact) mass is 497 g/mol. The lowest BCUT2D eigenvalue weighted by Gasteiger charge is -2.27. The maximum atomic E-state index is 13.4. The number of benzene rings is 2. The summed E-state index contributed by atoms with van der Waals surface area (Å²) in [5.41, 5.74) is -0.0736. The smallest absolute Gasteiger partial charge is 0.337 e. The highest BCUT2D eigenvalue weighted by Crippen LogP contribution is 2.34. The molecule has 3 rings (SSSR count). The third kappa shape index (κ3) is 6.41. The van der Waals surface area contributed by atoms with Crippen molar-refractivity contribution < 1.29 is 38.1 Å². The number of esters is 3. The molecule has 0 bridgehead atoms. The van der Waals surface area contributed by atoms with Gasteiger partial charge in [0.05, 0.1) is 32.7 Å². The number of methoxy groups -OCH3 is 2. The van der Waals surface area contributed by atoms with E-state index in [1.807, 2.05) is 0 Å². The zero-order valence-electron chi connectivity index (χ0n) is 21.1. The number of amides is 1. The van der Waals surface area contributed by atoms with Crippen LogP contribution in [0, 0.1) is 5.92 Å². The summed E-state index contributed by atoms with van der Waals surface area (Å²) in [6.07, 6.45) is -0.945. The van der Waals surface area contributed by atoms with Crippen molar-refractivity contribution in [2.75, 3.05) is 20.8 Å². The summed E-state index contributed by atoms with van der Waals surface area (Å²) in [7, 11) is 2.50. The van der Waals surface area contributed by atoms with Gasteiger partial charge in [0, 0.05) is 11.5 Å². The average Bonchev–Trinajstić information content (AvgIpc) is 3.19. The number of hydrogen-bond acceptors (Lipinski definition) is 8. The largest absolute Gasteiger partial charge is 0.488 e. The van der Waals surface area contributed by atoms with Gasteiger partial charge in [-0.15, -0.1) is 0 Å². The molecule has 192 valence electrons. The molecular weight excluding hydrogens is 466 g/mol. The number of likely N-dealkylation sites (tertiary alicyclic amines) is 1. The first-order valence-electron chi connectivity index (χ1n) is 11.5. The molecule has 2 aromatic carbocycles. The molecule has 0 spiro atoms. The van der Waals surface area contributed by atoms with Crippen molar-refractivity contribution in [2.45, 2.75) is 44.9 Å². The van der Waals surface area contributed by atoms with Crippen molar-refractivity contribution in [1.82, 2.24) is 4.90 Å².